The number of halogens is 3. The van der Waals surface area contributed by atoms with Crippen LogP contribution >= 0.6 is 0 Å². The Balaban J connectivity index is 4.75. The molecule has 0 aliphatic carbocycles. The van der Waals surface area contributed by atoms with Gasteiger partial charge in [-0.15, -0.1) is 0 Å². The average Bonchev–Trinajstić information content (AvgIpc) is 2.19. The van der Waals surface area contributed by atoms with Gasteiger partial charge in [0, 0.05) is 6.92 Å². The van der Waals surface area contributed by atoms with Gasteiger partial charge in [0.25, 0.3) is 0 Å². The van der Waals surface area contributed by atoms with Crippen molar-refractivity contribution in [3.05, 3.63) is 0 Å². The Hall–Kier alpha value is -1.31. The molecule has 8 heteroatoms. The first kappa shape index (κ1) is 15.7. The van der Waals surface area contributed by atoms with E-state index in [0.717, 1.165) is 6.92 Å². The summed E-state index contributed by atoms with van der Waals surface area (Å²) in [5.74, 6) is -2.34. The summed E-state index contributed by atoms with van der Waals surface area (Å²) in [7, 11) is 0. The van der Waals surface area contributed by atoms with Crippen molar-refractivity contribution >= 4 is 11.9 Å². The molecule has 2 atom stereocenters. The molecular formula is C9H14F3NO4. The number of carbonyl (C=O) groups excluding carboxylic acids is 2. The fourth-order valence-corrected chi connectivity index (χ4v) is 0.903. The normalized spacial score (nSPS) is 14.9. The van der Waals surface area contributed by atoms with Crippen LogP contribution in [0.25, 0.3) is 0 Å². The number of alkyl halides is 3. The van der Waals surface area contributed by atoms with Gasteiger partial charge >= 0.3 is 18.1 Å². The second kappa shape index (κ2) is 6.43. The second-order valence-corrected chi connectivity index (χ2v) is 3.26. The van der Waals surface area contributed by atoms with Crippen LogP contribution in [0.4, 0.5) is 13.2 Å². The van der Waals surface area contributed by atoms with Gasteiger partial charge in [-0.1, -0.05) is 6.92 Å². The topological polar surface area (TPSA) is 78.6 Å². The summed E-state index contributed by atoms with van der Waals surface area (Å²) in [4.78, 5) is 21.9. The van der Waals surface area contributed by atoms with Crippen molar-refractivity contribution in [1.29, 1.82) is 0 Å². The zero-order valence-corrected chi connectivity index (χ0v) is 9.41. The van der Waals surface area contributed by atoms with Gasteiger partial charge in [0.1, 0.15) is 6.04 Å². The van der Waals surface area contributed by atoms with E-state index in [2.05, 4.69) is 9.47 Å². The molecule has 0 aromatic heterocycles. The van der Waals surface area contributed by atoms with Crippen molar-refractivity contribution in [2.75, 3.05) is 6.61 Å². The van der Waals surface area contributed by atoms with Crippen LogP contribution < -0.4 is 5.73 Å². The number of nitrogens with two attached hydrogens (primary N) is 1. The largest absolute Gasteiger partial charge is 0.463 e. The number of rotatable bonds is 5. The molecule has 0 spiro atoms. The Labute approximate surface area is 96.0 Å². The molecule has 0 fully saturated rings. The van der Waals surface area contributed by atoms with Gasteiger partial charge in [-0.2, -0.15) is 13.2 Å². The minimum atomic E-state index is -4.86. The minimum Gasteiger partial charge on any atom is -0.463 e. The van der Waals surface area contributed by atoms with Gasteiger partial charge in [-0.3, -0.25) is 4.79 Å². The molecule has 0 unspecified atom stereocenters. The van der Waals surface area contributed by atoms with Crippen LogP contribution in [0.5, 0.6) is 0 Å². The molecule has 0 aliphatic rings. The molecule has 0 amide bonds. The summed E-state index contributed by atoms with van der Waals surface area (Å²) in [6, 6.07) is -2.60. The zero-order valence-electron chi connectivity index (χ0n) is 9.41. The van der Waals surface area contributed by atoms with Gasteiger partial charge < -0.3 is 15.2 Å². The molecule has 0 saturated heterocycles. The van der Waals surface area contributed by atoms with Crippen molar-refractivity contribution in [3.8, 4) is 0 Å². The lowest BCUT2D eigenvalue weighted by Gasteiger charge is -2.23. The molecule has 0 saturated carbocycles. The Bertz CT molecular complexity index is 280. The standard InChI is InChI=1S/C9H14F3NO4/c1-3-4-16-8(15)6(17-5(2)14)7(13)9(10,11)12/h6-7H,3-4,13H2,1-2H3/t6-,7-/m1/s1. The van der Waals surface area contributed by atoms with E-state index in [1.54, 1.807) is 6.92 Å². The molecule has 0 radical (unpaired) electrons. The van der Waals surface area contributed by atoms with Crippen LogP contribution in [0.15, 0.2) is 0 Å². The van der Waals surface area contributed by atoms with Gasteiger partial charge in [0.05, 0.1) is 6.61 Å². The van der Waals surface area contributed by atoms with E-state index in [9.17, 15) is 22.8 Å². The van der Waals surface area contributed by atoms with Crippen molar-refractivity contribution in [3.63, 3.8) is 0 Å². The lowest BCUT2D eigenvalue weighted by atomic mass is 10.1. The Morgan fingerprint density at radius 3 is 2.24 bits per heavy atom. The van der Waals surface area contributed by atoms with E-state index in [0.29, 0.717) is 6.42 Å². The molecule has 0 bridgehead atoms. The monoisotopic (exact) mass is 257 g/mol. The fourth-order valence-electron chi connectivity index (χ4n) is 0.903. The molecule has 0 aliphatic heterocycles. The maximum absolute atomic E-state index is 12.3. The number of ether oxygens (including phenoxy) is 2. The predicted octanol–water partition coefficient (Wildman–Crippen LogP) is 0.761. The SMILES string of the molecule is CCCOC(=O)[C@H](OC(C)=O)[C@@H](N)C(F)(F)F. The first-order valence-corrected chi connectivity index (χ1v) is 4.86. The molecular weight excluding hydrogens is 243 g/mol. The van der Waals surface area contributed by atoms with Crippen molar-refractivity contribution in [2.24, 2.45) is 5.73 Å². The smallest absolute Gasteiger partial charge is 0.407 e. The quantitative estimate of drug-likeness (QED) is 0.735. The van der Waals surface area contributed by atoms with Crippen LogP contribution in [0.2, 0.25) is 0 Å². The summed E-state index contributed by atoms with van der Waals surface area (Å²) in [6.45, 7) is 2.47. The van der Waals surface area contributed by atoms with Crippen molar-refractivity contribution in [1.82, 2.24) is 0 Å². The fraction of sp³-hybridized carbons (Fsp3) is 0.778. The molecule has 5 nitrogen and oxygen atoms in total. The average molecular weight is 257 g/mol. The molecule has 0 aromatic carbocycles. The van der Waals surface area contributed by atoms with Gasteiger partial charge in [-0.05, 0) is 6.42 Å². The highest BCUT2D eigenvalue weighted by molar-refractivity contribution is 5.79. The van der Waals surface area contributed by atoms with E-state index in [1.807, 2.05) is 0 Å². The maximum atomic E-state index is 12.3. The highest BCUT2D eigenvalue weighted by Gasteiger charge is 2.47. The Morgan fingerprint density at radius 1 is 1.35 bits per heavy atom. The zero-order chi connectivity index (χ0) is 13.6. The maximum Gasteiger partial charge on any atom is 0.407 e. The highest BCUT2D eigenvalue weighted by Crippen LogP contribution is 2.23. The minimum absolute atomic E-state index is 0.0683. The number of hydrogen-bond acceptors (Lipinski definition) is 5. The van der Waals surface area contributed by atoms with Gasteiger partial charge in [0.15, 0.2) is 0 Å². The van der Waals surface area contributed by atoms with Crippen LogP contribution in [0, 0.1) is 0 Å². The molecule has 17 heavy (non-hydrogen) atoms. The van der Waals surface area contributed by atoms with Crippen LogP contribution in [-0.4, -0.2) is 36.9 Å². The summed E-state index contributed by atoms with van der Waals surface area (Å²) >= 11 is 0. The Kier molecular flexibility index (Phi) is 5.94. The molecule has 0 rings (SSSR count). The predicted molar refractivity (Wildman–Crippen MR) is 50.8 cm³/mol. The number of carbonyl (C=O) groups is 2. The molecule has 0 heterocycles. The van der Waals surface area contributed by atoms with Crippen LogP contribution in [0.1, 0.15) is 20.3 Å². The molecule has 100 valence electrons. The van der Waals surface area contributed by atoms with Crippen molar-refractivity contribution in [2.45, 2.75) is 38.6 Å². The number of hydrogen-bond donors (Lipinski definition) is 1. The number of esters is 2. The summed E-state index contributed by atoms with van der Waals surface area (Å²) in [6.07, 6.45) is -6.59. The molecule has 2 N–H and O–H groups in total. The van der Waals surface area contributed by atoms with Gasteiger partial charge in [-0.25, -0.2) is 4.79 Å². The van der Waals surface area contributed by atoms with E-state index >= 15 is 0 Å². The van der Waals surface area contributed by atoms with Crippen LogP contribution in [-0.2, 0) is 19.1 Å². The van der Waals surface area contributed by atoms with E-state index in [-0.39, 0.29) is 6.61 Å². The van der Waals surface area contributed by atoms with Crippen molar-refractivity contribution < 1.29 is 32.2 Å². The highest BCUT2D eigenvalue weighted by atomic mass is 19.4. The summed E-state index contributed by atoms with van der Waals surface area (Å²) < 4.78 is 45.6. The lowest BCUT2D eigenvalue weighted by molar-refractivity contribution is -0.195. The van der Waals surface area contributed by atoms with Gasteiger partial charge in [0.2, 0.25) is 6.10 Å². The summed E-state index contributed by atoms with van der Waals surface area (Å²) in [5.41, 5.74) is 4.81. The van der Waals surface area contributed by atoms with E-state index in [4.69, 9.17) is 5.73 Å². The lowest BCUT2D eigenvalue weighted by Crippen LogP contribution is -2.52. The van der Waals surface area contributed by atoms with E-state index in [1.165, 1.54) is 0 Å². The second-order valence-electron chi connectivity index (χ2n) is 3.26. The first-order chi connectivity index (χ1) is 7.70. The third-order valence-corrected chi connectivity index (χ3v) is 1.68. The Morgan fingerprint density at radius 2 is 1.88 bits per heavy atom. The first-order valence-electron chi connectivity index (χ1n) is 4.86. The third-order valence-electron chi connectivity index (χ3n) is 1.68. The third kappa shape index (κ3) is 5.53. The van der Waals surface area contributed by atoms with E-state index < -0.39 is 30.3 Å². The summed E-state index contributed by atoms with van der Waals surface area (Å²) in [5, 5.41) is 0. The van der Waals surface area contributed by atoms with Crippen LogP contribution in [0.3, 0.4) is 0 Å². The molecule has 0 aromatic rings.